The Morgan fingerprint density at radius 2 is 1.41 bits per heavy atom. The molecular formula is C23H29ClN4O. The van der Waals surface area contributed by atoms with Gasteiger partial charge in [0, 0.05) is 68.8 Å². The van der Waals surface area contributed by atoms with Crippen LogP contribution < -0.4 is 9.80 Å². The van der Waals surface area contributed by atoms with Crippen LogP contribution in [0.4, 0.5) is 11.4 Å². The van der Waals surface area contributed by atoms with Crippen molar-refractivity contribution >= 4 is 28.9 Å². The first kappa shape index (κ1) is 20.0. The molecule has 2 aromatic rings. The highest BCUT2D eigenvalue weighted by Gasteiger charge is 2.25. The number of piperazine rings is 2. The maximum Gasteiger partial charge on any atom is 0.236 e. The van der Waals surface area contributed by atoms with E-state index in [1.807, 2.05) is 23.1 Å². The Balaban J connectivity index is 1.23. The second-order valence-electron chi connectivity index (χ2n) is 7.95. The summed E-state index contributed by atoms with van der Waals surface area (Å²) in [6, 6.07) is 16.6. The summed E-state index contributed by atoms with van der Waals surface area (Å²) in [5, 5.41) is 0.768. The van der Waals surface area contributed by atoms with Crippen LogP contribution in [-0.4, -0.2) is 74.6 Å². The van der Waals surface area contributed by atoms with E-state index < -0.39 is 0 Å². The predicted molar refractivity (Wildman–Crippen MR) is 120 cm³/mol. The molecule has 154 valence electrons. The van der Waals surface area contributed by atoms with Gasteiger partial charge in [-0.25, -0.2) is 0 Å². The molecule has 29 heavy (non-hydrogen) atoms. The highest BCUT2D eigenvalue weighted by atomic mass is 35.5. The summed E-state index contributed by atoms with van der Waals surface area (Å²) in [5.74, 6) is 0.255. The molecule has 0 unspecified atom stereocenters. The summed E-state index contributed by atoms with van der Waals surface area (Å²) in [6.07, 6.45) is 0. The van der Waals surface area contributed by atoms with Crippen molar-refractivity contribution in [3.8, 4) is 0 Å². The lowest BCUT2D eigenvalue weighted by Crippen LogP contribution is -2.54. The molecule has 0 saturated carbocycles. The van der Waals surface area contributed by atoms with E-state index in [0.717, 1.165) is 63.1 Å². The van der Waals surface area contributed by atoms with Crippen molar-refractivity contribution < 1.29 is 4.79 Å². The number of nitrogens with zero attached hydrogens (tertiary/aromatic N) is 4. The molecule has 0 N–H and O–H groups in total. The van der Waals surface area contributed by atoms with Gasteiger partial charge in [-0.05, 0) is 42.8 Å². The molecule has 2 saturated heterocycles. The normalized spacial score (nSPS) is 18.2. The molecule has 0 atom stereocenters. The standard InChI is InChI=1S/C23H29ClN4O/c1-19-4-2-6-21(16-19)27-12-14-28(15-13-27)23(29)18-25-8-10-26(11-9-25)22-7-3-5-20(24)17-22/h2-7,16-17H,8-15,18H2,1H3. The Kier molecular flexibility index (Phi) is 6.26. The zero-order valence-electron chi connectivity index (χ0n) is 17.1. The number of rotatable bonds is 4. The second kappa shape index (κ2) is 9.06. The topological polar surface area (TPSA) is 30.0 Å². The minimum atomic E-state index is 0.255. The van der Waals surface area contributed by atoms with Gasteiger partial charge in [0.15, 0.2) is 0 Å². The van der Waals surface area contributed by atoms with E-state index in [9.17, 15) is 4.79 Å². The molecule has 0 aromatic heterocycles. The summed E-state index contributed by atoms with van der Waals surface area (Å²) in [7, 11) is 0. The Hall–Kier alpha value is -2.24. The van der Waals surface area contributed by atoms with Crippen LogP contribution in [0.25, 0.3) is 0 Å². The van der Waals surface area contributed by atoms with Crippen molar-refractivity contribution in [1.82, 2.24) is 9.80 Å². The van der Waals surface area contributed by atoms with Crippen LogP contribution in [0, 0.1) is 6.92 Å². The zero-order valence-corrected chi connectivity index (χ0v) is 17.8. The van der Waals surface area contributed by atoms with Crippen LogP contribution in [0.1, 0.15) is 5.56 Å². The molecule has 2 fully saturated rings. The highest BCUT2D eigenvalue weighted by Crippen LogP contribution is 2.21. The van der Waals surface area contributed by atoms with Gasteiger partial charge in [-0.15, -0.1) is 0 Å². The van der Waals surface area contributed by atoms with Crippen molar-refractivity contribution in [3.05, 3.63) is 59.1 Å². The van der Waals surface area contributed by atoms with Crippen molar-refractivity contribution in [1.29, 1.82) is 0 Å². The second-order valence-corrected chi connectivity index (χ2v) is 8.39. The third-order valence-corrected chi connectivity index (χ3v) is 6.14. The van der Waals surface area contributed by atoms with E-state index in [4.69, 9.17) is 11.6 Å². The van der Waals surface area contributed by atoms with Gasteiger partial charge in [-0.3, -0.25) is 9.69 Å². The number of halogens is 1. The zero-order chi connectivity index (χ0) is 20.2. The van der Waals surface area contributed by atoms with Crippen LogP contribution in [0.2, 0.25) is 5.02 Å². The van der Waals surface area contributed by atoms with Crippen LogP contribution in [0.5, 0.6) is 0 Å². The van der Waals surface area contributed by atoms with Gasteiger partial charge in [-0.1, -0.05) is 29.8 Å². The third-order valence-electron chi connectivity index (χ3n) is 5.90. The SMILES string of the molecule is Cc1cccc(N2CCN(C(=O)CN3CCN(c4cccc(Cl)c4)CC3)CC2)c1. The summed E-state index contributed by atoms with van der Waals surface area (Å²) in [4.78, 5) is 21.8. The summed E-state index contributed by atoms with van der Waals surface area (Å²) >= 11 is 6.11. The predicted octanol–water partition coefficient (Wildman–Crippen LogP) is 3.12. The highest BCUT2D eigenvalue weighted by molar-refractivity contribution is 6.30. The molecule has 1 amide bonds. The molecular weight excluding hydrogens is 384 g/mol. The summed E-state index contributed by atoms with van der Waals surface area (Å²) in [5.41, 5.74) is 3.70. The van der Waals surface area contributed by atoms with Crippen molar-refractivity contribution in [2.24, 2.45) is 0 Å². The van der Waals surface area contributed by atoms with Crippen LogP contribution in [0.15, 0.2) is 48.5 Å². The van der Waals surface area contributed by atoms with Crippen molar-refractivity contribution in [2.75, 3.05) is 68.7 Å². The smallest absolute Gasteiger partial charge is 0.236 e. The Morgan fingerprint density at radius 1 is 0.828 bits per heavy atom. The number of anilines is 2. The molecule has 2 aliphatic rings. The van der Waals surface area contributed by atoms with E-state index in [1.165, 1.54) is 11.3 Å². The largest absolute Gasteiger partial charge is 0.369 e. The number of carbonyl (C=O) groups is 1. The van der Waals surface area contributed by atoms with Gasteiger partial charge in [0.25, 0.3) is 0 Å². The molecule has 6 heteroatoms. The molecule has 5 nitrogen and oxygen atoms in total. The van der Waals surface area contributed by atoms with Crippen molar-refractivity contribution in [3.63, 3.8) is 0 Å². The van der Waals surface area contributed by atoms with Gasteiger partial charge in [0.2, 0.25) is 5.91 Å². The molecule has 2 aromatic carbocycles. The van der Waals surface area contributed by atoms with Crippen LogP contribution in [0.3, 0.4) is 0 Å². The molecule has 0 spiro atoms. The fourth-order valence-electron chi connectivity index (χ4n) is 4.17. The number of hydrogen-bond acceptors (Lipinski definition) is 4. The van der Waals surface area contributed by atoms with Crippen LogP contribution in [-0.2, 0) is 4.79 Å². The molecule has 2 heterocycles. The molecule has 4 rings (SSSR count). The van der Waals surface area contributed by atoms with E-state index in [2.05, 4.69) is 52.0 Å². The number of amides is 1. The Morgan fingerprint density at radius 3 is 2.03 bits per heavy atom. The Bertz CT molecular complexity index is 842. The maximum atomic E-state index is 12.8. The first-order chi connectivity index (χ1) is 14.1. The fraction of sp³-hybridized carbons (Fsp3) is 0.435. The maximum absolute atomic E-state index is 12.8. The number of benzene rings is 2. The first-order valence-corrected chi connectivity index (χ1v) is 10.8. The van der Waals surface area contributed by atoms with Gasteiger partial charge < -0.3 is 14.7 Å². The number of aryl methyl sites for hydroxylation is 1. The lowest BCUT2D eigenvalue weighted by atomic mass is 10.2. The van der Waals surface area contributed by atoms with E-state index >= 15 is 0 Å². The lowest BCUT2D eigenvalue weighted by Gasteiger charge is -2.39. The lowest BCUT2D eigenvalue weighted by molar-refractivity contribution is -0.132. The van der Waals surface area contributed by atoms with Gasteiger partial charge in [-0.2, -0.15) is 0 Å². The minimum Gasteiger partial charge on any atom is -0.369 e. The van der Waals surface area contributed by atoms with E-state index in [-0.39, 0.29) is 5.91 Å². The van der Waals surface area contributed by atoms with Gasteiger partial charge in [0.1, 0.15) is 0 Å². The molecule has 2 aliphatic heterocycles. The summed E-state index contributed by atoms with van der Waals surface area (Å²) < 4.78 is 0. The third kappa shape index (κ3) is 5.03. The van der Waals surface area contributed by atoms with Gasteiger partial charge >= 0.3 is 0 Å². The first-order valence-electron chi connectivity index (χ1n) is 10.4. The Labute approximate surface area is 178 Å². The molecule has 0 radical (unpaired) electrons. The monoisotopic (exact) mass is 412 g/mol. The average Bonchev–Trinajstić information content (AvgIpc) is 2.74. The van der Waals surface area contributed by atoms with Gasteiger partial charge in [0.05, 0.1) is 6.54 Å². The minimum absolute atomic E-state index is 0.255. The van der Waals surface area contributed by atoms with E-state index in [0.29, 0.717) is 6.54 Å². The molecule has 0 bridgehead atoms. The number of carbonyl (C=O) groups excluding carboxylic acids is 1. The quantitative estimate of drug-likeness (QED) is 0.771. The van der Waals surface area contributed by atoms with Crippen molar-refractivity contribution in [2.45, 2.75) is 6.92 Å². The molecule has 0 aliphatic carbocycles. The summed E-state index contributed by atoms with van der Waals surface area (Å²) in [6.45, 7) is 9.70. The van der Waals surface area contributed by atoms with Crippen LogP contribution >= 0.6 is 11.6 Å². The van der Waals surface area contributed by atoms with E-state index in [1.54, 1.807) is 0 Å². The fourth-order valence-corrected chi connectivity index (χ4v) is 4.35. The average molecular weight is 413 g/mol. The number of hydrogen-bond donors (Lipinski definition) is 0.